The molecule has 19 heavy (non-hydrogen) atoms. The predicted molar refractivity (Wildman–Crippen MR) is 67.0 cm³/mol. The lowest BCUT2D eigenvalue weighted by molar-refractivity contribution is -0.135. The first-order chi connectivity index (χ1) is 9.01. The molecular formula is C12H13ClF3N3. The number of fused-ring (bicyclic) bond motifs is 1. The van der Waals surface area contributed by atoms with Crippen LogP contribution in [0.2, 0.25) is 0 Å². The van der Waals surface area contributed by atoms with Gasteiger partial charge in [0.1, 0.15) is 11.3 Å². The molecule has 0 aromatic carbocycles. The zero-order chi connectivity index (χ0) is 13.9. The average molecular weight is 292 g/mol. The topological polar surface area (TPSA) is 30.7 Å². The summed E-state index contributed by atoms with van der Waals surface area (Å²) in [6.07, 6.45) is -1.04. The van der Waals surface area contributed by atoms with Crippen LogP contribution in [-0.2, 0) is 12.4 Å². The fraction of sp³-hybridized carbons (Fsp3) is 0.500. The minimum Gasteiger partial charge on any atom is -0.327 e. The Morgan fingerprint density at radius 1 is 1.26 bits per heavy atom. The molecule has 104 valence electrons. The molecule has 2 heterocycles. The van der Waals surface area contributed by atoms with E-state index < -0.39 is 12.6 Å². The summed E-state index contributed by atoms with van der Waals surface area (Å²) in [6.45, 7) is 0.485. The van der Waals surface area contributed by atoms with Crippen molar-refractivity contribution in [2.75, 3.05) is 0 Å². The quantitative estimate of drug-likeness (QED) is 0.618. The van der Waals surface area contributed by atoms with E-state index in [4.69, 9.17) is 11.6 Å². The van der Waals surface area contributed by atoms with E-state index in [1.807, 2.05) is 4.57 Å². The van der Waals surface area contributed by atoms with Crippen LogP contribution in [0.15, 0.2) is 18.5 Å². The molecule has 0 unspecified atom stereocenters. The van der Waals surface area contributed by atoms with E-state index in [1.165, 1.54) is 0 Å². The minimum absolute atomic E-state index is 0.107. The first-order valence-corrected chi connectivity index (χ1v) is 6.46. The van der Waals surface area contributed by atoms with Gasteiger partial charge in [0.25, 0.3) is 0 Å². The van der Waals surface area contributed by atoms with Crippen LogP contribution in [0.4, 0.5) is 13.2 Å². The van der Waals surface area contributed by atoms with Gasteiger partial charge in [-0.1, -0.05) is 0 Å². The number of halogens is 4. The van der Waals surface area contributed by atoms with Crippen molar-refractivity contribution in [3.8, 4) is 0 Å². The number of imidazole rings is 1. The highest BCUT2D eigenvalue weighted by Gasteiger charge is 2.25. The number of hydrogen-bond acceptors (Lipinski definition) is 2. The predicted octanol–water partition coefficient (Wildman–Crippen LogP) is 3.90. The van der Waals surface area contributed by atoms with Crippen LogP contribution in [0, 0.1) is 0 Å². The second-order valence-corrected chi connectivity index (χ2v) is 4.52. The molecule has 0 amide bonds. The third-order valence-corrected chi connectivity index (χ3v) is 3.08. The van der Waals surface area contributed by atoms with Crippen LogP contribution in [0.5, 0.6) is 0 Å². The third kappa shape index (κ3) is 3.59. The van der Waals surface area contributed by atoms with Gasteiger partial charge in [0, 0.05) is 19.2 Å². The fourth-order valence-electron chi connectivity index (χ4n) is 1.98. The molecule has 7 heteroatoms. The van der Waals surface area contributed by atoms with Gasteiger partial charge in [-0.25, -0.2) is 4.98 Å². The zero-order valence-electron chi connectivity index (χ0n) is 10.1. The number of aryl methyl sites for hydroxylation is 1. The second-order valence-electron chi connectivity index (χ2n) is 4.25. The lowest BCUT2D eigenvalue weighted by Gasteiger charge is -2.09. The van der Waals surface area contributed by atoms with Crippen LogP contribution in [0.1, 0.15) is 25.1 Å². The first kappa shape index (κ1) is 14.1. The average Bonchev–Trinajstić information content (AvgIpc) is 2.71. The summed E-state index contributed by atoms with van der Waals surface area (Å²) < 4.78 is 38.1. The smallest absolute Gasteiger partial charge is 0.327 e. The van der Waals surface area contributed by atoms with Crippen molar-refractivity contribution in [2.24, 2.45) is 0 Å². The molecule has 0 aliphatic carbocycles. The highest BCUT2D eigenvalue weighted by molar-refractivity contribution is 6.16. The van der Waals surface area contributed by atoms with E-state index in [1.54, 1.807) is 18.5 Å². The zero-order valence-corrected chi connectivity index (χ0v) is 10.9. The van der Waals surface area contributed by atoms with Gasteiger partial charge < -0.3 is 4.57 Å². The molecule has 2 rings (SSSR count). The van der Waals surface area contributed by atoms with Crippen molar-refractivity contribution in [1.82, 2.24) is 14.5 Å². The summed E-state index contributed by atoms with van der Waals surface area (Å²) >= 11 is 5.81. The maximum absolute atomic E-state index is 12.1. The maximum Gasteiger partial charge on any atom is 0.389 e. The monoisotopic (exact) mass is 291 g/mol. The summed E-state index contributed by atoms with van der Waals surface area (Å²) in [6, 6.07) is 1.79. The van der Waals surface area contributed by atoms with Gasteiger partial charge in [-0.3, -0.25) is 4.98 Å². The van der Waals surface area contributed by atoms with Crippen molar-refractivity contribution < 1.29 is 13.2 Å². The summed E-state index contributed by atoms with van der Waals surface area (Å²) in [4.78, 5) is 8.27. The van der Waals surface area contributed by atoms with E-state index in [0.29, 0.717) is 24.3 Å². The molecule has 3 nitrogen and oxygen atoms in total. The molecule has 0 atom stereocenters. The molecule has 0 N–H and O–H groups in total. The van der Waals surface area contributed by atoms with Crippen LogP contribution in [0.3, 0.4) is 0 Å². The molecule has 0 fully saturated rings. The Hall–Kier alpha value is -1.30. The Kier molecular flexibility index (Phi) is 4.29. The second kappa shape index (κ2) is 5.77. The Labute approximate surface area is 113 Å². The Balaban J connectivity index is 2.07. The van der Waals surface area contributed by atoms with Gasteiger partial charge in [-0.05, 0) is 18.9 Å². The van der Waals surface area contributed by atoms with E-state index in [9.17, 15) is 13.2 Å². The largest absolute Gasteiger partial charge is 0.389 e. The van der Waals surface area contributed by atoms with Crippen LogP contribution in [0.25, 0.3) is 11.0 Å². The molecule has 0 radical (unpaired) electrons. The van der Waals surface area contributed by atoms with E-state index in [-0.39, 0.29) is 12.3 Å². The molecule has 0 spiro atoms. The van der Waals surface area contributed by atoms with Gasteiger partial charge in [-0.15, -0.1) is 11.6 Å². The normalized spacial score (nSPS) is 12.2. The highest BCUT2D eigenvalue weighted by Crippen LogP contribution is 2.23. The third-order valence-electron chi connectivity index (χ3n) is 2.84. The number of aromatic nitrogens is 3. The number of unbranched alkanes of at least 4 members (excludes halogenated alkanes) is 1. The van der Waals surface area contributed by atoms with Gasteiger partial charge in [0.05, 0.1) is 17.6 Å². The van der Waals surface area contributed by atoms with E-state index in [0.717, 1.165) is 5.52 Å². The number of pyridine rings is 1. The minimum atomic E-state index is -4.09. The number of hydrogen-bond donors (Lipinski definition) is 0. The van der Waals surface area contributed by atoms with E-state index >= 15 is 0 Å². The molecule has 2 aromatic rings. The van der Waals surface area contributed by atoms with Crippen molar-refractivity contribution >= 4 is 22.6 Å². The maximum atomic E-state index is 12.1. The fourth-order valence-corrected chi connectivity index (χ4v) is 2.18. The Bertz CT molecular complexity index is 551. The first-order valence-electron chi connectivity index (χ1n) is 5.93. The number of rotatable bonds is 5. The summed E-state index contributed by atoms with van der Waals surface area (Å²) in [5.74, 6) is 0.894. The van der Waals surface area contributed by atoms with Crippen LogP contribution < -0.4 is 0 Å². The molecule has 0 saturated carbocycles. The molecule has 0 aliphatic rings. The Morgan fingerprint density at radius 2 is 2.05 bits per heavy atom. The highest BCUT2D eigenvalue weighted by atomic mass is 35.5. The Morgan fingerprint density at radius 3 is 2.74 bits per heavy atom. The summed E-state index contributed by atoms with van der Waals surface area (Å²) in [5, 5.41) is 0. The lowest BCUT2D eigenvalue weighted by atomic mass is 10.2. The van der Waals surface area contributed by atoms with Gasteiger partial charge in [0.2, 0.25) is 0 Å². The van der Waals surface area contributed by atoms with Crippen molar-refractivity contribution in [3.05, 3.63) is 24.3 Å². The van der Waals surface area contributed by atoms with Crippen LogP contribution >= 0.6 is 11.6 Å². The summed E-state index contributed by atoms with van der Waals surface area (Å²) in [7, 11) is 0. The molecule has 2 aromatic heterocycles. The van der Waals surface area contributed by atoms with Gasteiger partial charge in [-0.2, -0.15) is 13.2 Å². The van der Waals surface area contributed by atoms with Gasteiger partial charge >= 0.3 is 6.18 Å². The van der Waals surface area contributed by atoms with Crippen molar-refractivity contribution in [3.63, 3.8) is 0 Å². The summed E-state index contributed by atoms with van der Waals surface area (Å²) in [5.41, 5.74) is 1.58. The number of nitrogens with zero attached hydrogens (tertiary/aromatic N) is 3. The van der Waals surface area contributed by atoms with E-state index in [2.05, 4.69) is 9.97 Å². The molecule has 0 saturated heterocycles. The van der Waals surface area contributed by atoms with Crippen molar-refractivity contribution in [2.45, 2.75) is 37.9 Å². The number of alkyl halides is 4. The standard InChI is InChI=1S/C12H13ClF3N3/c13-7-11-18-9-8-17-5-3-10(9)19(11)6-2-1-4-12(14,15)16/h3,5,8H,1-2,4,6-7H2. The van der Waals surface area contributed by atoms with Crippen LogP contribution in [-0.4, -0.2) is 20.7 Å². The SMILES string of the molecule is FC(F)(F)CCCCn1c(CCl)nc2cnccc21. The lowest BCUT2D eigenvalue weighted by Crippen LogP contribution is -2.08. The molecular weight excluding hydrogens is 279 g/mol. The van der Waals surface area contributed by atoms with Crippen molar-refractivity contribution in [1.29, 1.82) is 0 Å². The van der Waals surface area contributed by atoms with Gasteiger partial charge in [0.15, 0.2) is 0 Å². The molecule has 0 aliphatic heterocycles. The molecule has 0 bridgehead atoms.